The van der Waals surface area contributed by atoms with Crippen molar-refractivity contribution >= 4 is 34.7 Å². The highest BCUT2D eigenvalue weighted by atomic mass is 35.5. The van der Waals surface area contributed by atoms with Crippen LogP contribution in [0.25, 0.3) is 0 Å². The van der Waals surface area contributed by atoms with Gasteiger partial charge in [-0.25, -0.2) is 4.99 Å². The molecule has 2 aliphatic heterocycles. The number of hydrogen-bond donors (Lipinski definition) is 0. The molecule has 1 amide bonds. The third-order valence-electron chi connectivity index (χ3n) is 5.82. The first-order valence-corrected chi connectivity index (χ1v) is 10.4. The van der Waals surface area contributed by atoms with Gasteiger partial charge in [0, 0.05) is 5.02 Å². The molecule has 0 spiro atoms. The lowest BCUT2D eigenvalue weighted by Gasteiger charge is -2.31. The molecule has 2 aliphatic rings. The van der Waals surface area contributed by atoms with E-state index in [0.29, 0.717) is 5.02 Å². The van der Waals surface area contributed by atoms with Crippen LogP contribution in [0.5, 0.6) is 5.75 Å². The highest BCUT2D eigenvalue weighted by Gasteiger charge is 2.55. The molecular weight excluding hydrogens is 386 g/mol. The van der Waals surface area contributed by atoms with E-state index in [1.165, 1.54) is 0 Å². The van der Waals surface area contributed by atoms with Crippen molar-refractivity contribution in [3.05, 3.63) is 53.6 Å². The summed E-state index contributed by atoms with van der Waals surface area (Å²) in [5.41, 5.74) is 1.02. The molecule has 0 radical (unpaired) electrons. The second kappa shape index (κ2) is 7.81. The second-order valence-corrected chi connectivity index (χ2v) is 8.59. The molecule has 0 N–H and O–H groups in total. The molecular formula is C23H26ClN3O2. The first-order valence-electron chi connectivity index (χ1n) is 9.98. The van der Waals surface area contributed by atoms with Gasteiger partial charge in [-0.2, -0.15) is 0 Å². The van der Waals surface area contributed by atoms with Gasteiger partial charge < -0.3 is 4.74 Å². The Labute approximate surface area is 176 Å². The zero-order valence-corrected chi connectivity index (χ0v) is 17.8. The fourth-order valence-corrected chi connectivity index (χ4v) is 4.44. The van der Waals surface area contributed by atoms with Crippen molar-refractivity contribution < 1.29 is 9.53 Å². The number of carbonyl (C=O) groups is 1. The van der Waals surface area contributed by atoms with Gasteiger partial charge in [0.25, 0.3) is 0 Å². The maximum atomic E-state index is 13.5. The third-order valence-corrected chi connectivity index (χ3v) is 6.07. The van der Waals surface area contributed by atoms with E-state index in [0.717, 1.165) is 48.9 Å². The van der Waals surface area contributed by atoms with Gasteiger partial charge >= 0.3 is 0 Å². The number of amides is 1. The Morgan fingerprint density at radius 3 is 2.24 bits per heavy atom. The summed E-state index contributed by atoms with van der Waals surface area (Å²) in [6.45, 7) is 6.02. The van der Waals surface area contributed by atoms with E-state index in [-0.39, 0.29) is 11.9 Å². The summed E-state index contributed by atoms with van der Waals surface area (Å²) in [7, 11) is 1.64. The minimum atomic E-state index is -0.574. The molecule has 0 aromatic heterocycles. The fourth-order valence-electron chi connectivity index (χ4n) is 4.31. The summed E-state index contributed by atoms with van der Waals surface area (Å²) < 4.78 is 5.26. The molecule has 0 saturated carbocycles. The quantitative estimate of drug-likeness (QED) is 0.717. The molecule has 2 aromatic carbocycles. The maximum absolute atomic E-state index is 13.5. The Hall–Kier alpha value is -2.37. The lowest BCUT2D eigenvalue weighted by molar-refractivity contribution is -0.125. The highest BCUT2D eigenvalue weighted by Crippen LogP contribution is 2.41. The average Bonchev–Trinajstić information content (AvgIpc) is 3.29. The fraction of sp³-hybridized carbons (Fsp3) is 0.391. The van der Waals surface area contributed by atoms with Crippen LogP contribution in [0.4, 0.5) is 11.4 Å². The van der Waals surface area contributed by atoms with Crippen LogP contribution < -0.4 is 9.64 Å². The molecule has 1 atom stereocenters. The van der Waals surface area contributed by atoms with Gasteiger partial charge in [0.15, 0.2) is 0 Å². The summed E-state index contributed by atoms with van der Waals surface area (Å²) in [6, 6.07) is 14.9. The molecule has 2 heterocycles. The molecule has 6 heteroatoms. The minimum absolute atomic E-state index is 0.0592. The predicted octanol–water partition coefficient (Wildman–Crippen LogP) is 4.92. The van der Waals surface area contributed by atoms with Gasteiger partial charge in [-0.3, -0.25) is 14.6 Å². The number of ether oxygens (including phenoxy) is 1. The van der Waals surface area contributed by atoms with Gasteiger partial charge in [-0.15, -0.1) is 0 Å². The van der Waals surface area contributed by atoms with Crippen molar-refractivity contribution in [2.45, 2.75) is 32.7 Å². The summed E-state index contributed by atoms with van der Waals surface area (Å²) >= 11 is 6.08. The van der Waals surface area contributed by atoms with Crippen molar-refractivity contribution in [3.63, 3.8) is 0 Å². The van der Waals surface area contributed by atoms with Gasteiger partial charge in [0.1, 0.15) is 11.6 Å². The first kappa shape index (κ1) is 19.9. The van der Waals surface area contributed by atoms with Crippen LogP contribution in [0.3, 0.4) is 0 Å². The number of benzene rings is 2. The normalized spacial score (nSPS) is 23.2. The maximum Gasteiger partial charge on any atom is 0.240 e. The number of halogens is 1. The van der Waals surface area contributed by atoms with Gasteiger partial charge in [-0.1, -0.05) is 11.6 Å². The Morgan fingerprint density at radius 1 is 1.03 bits per heavy atom. The largest absolute Gasteiger partial charge is 0.497 e. The van der Waals surface area contributed by atoms with E-state index in [9.17, 15) is 4.79 Å². The van der Waals surface area contributed by atoms with Crippen molar-refractivity contribution in [1.29, 1.82) is 0 Å². The van der Waals surface area contributed by atoms with Crippen LogP contribution in [0.2, 0.25) is 5.02 Å². The van der Waals surface area contributed by atoms with Crippen molar-refractivity contribution in [2.24, 2.45) is 10.4 Å². The van der Waals surface area contributed by atoms with Gasteiger partial charge in [0.2, 0.25) is 5.91 Å². The van der Waals surface area contributed by atoms with E-state index >= 15 is 0 Å². The molecule has 2 fully saturated rings. The van der Waals surface area contributed by atoms with Gasteiger partial charge in [-0.05, 0) is 88.3 Å². The molecule has 1 unspecified atom stereocenters. The minimum Gasteiger partial charge on any atom is -0.497 e. The van der Waals surface area contributed by atoms with Crippen molar-refractivity contribution in [2.75, 3.05) is 25.1 Å². The molecule has 0 aliphatic carbocycles. The molecule has 29 heavy (non-hydrogen) atoms. The van der Waals surface area contributed by atoms with Crippen LogP contribution in [0, 0.1) is 5.41 Å². The Bertz CT molecular complexity index is 916. The highest BCUT2D eigenvalue weighted by molar-refractivity contribution is 6.31. The Kier molecular flexibility index (Phi) is 5.36. The molecule has 2 saturated heterocycles. The third kappa shape index (κ3) is 3.65. The number of hydrogen-bond acceptors (Lipinski definition) is 4. The van der Waals surface area contributed by atoms with Crippen LogP contribution in [-0.4, -0.2) is 42.9 Å². The topological polar surface area (TPSA) is 45.1 Å². The number of anilines is 1. The predicted molar refractivity (Wildman–Crippen MR) is 117 cm³/mol. The second-order valence-electron chi connectivity index (χ2n) is 8.15. The summed E-state index contributed by atoms with van der Waals surface area (Å²) in [4.78, 5) is 22.7. The van der Waals surface area contributed by atoms with E-state index in [4.69, 9.17) is 21.3 Å². The molecule has 2 aromatic rings. The number of amidine groups is 1. The number of carbonyl (C=O) groups excluding carboxylic acids is 1. The molecule has 5 nitrogen and oxygen atoms in total. The number of nitrogens with zero attached hydrogens (tertiary/aromatic N) is 3. The number of likely N-dealkylation sites (tertiary alicyclic amines) is 1. The van der Waals surface area contributed by atoms with Crippen LogP contribution in [0.15, 0.2) is 53.5 Å². The van der Waals surface area contributed by atoms with E-state index < -0.39 is 5.41 Å². The van der Waals surface area contributed by atoms with Crippen LogP contribution >= 0.6 is 11.6 Å². The monoisotopic (exact) mass is 411 g/mol. The molecule has 0 bridgehead atoms. The SMILES string of the molecule is COc1ccc(N=C2C(N3CCCC3)C(C)(C)C(=O)N2c2ccc(Cl)cc2)cc1. The summed E-state index contributed by atoms with van der Waals surface area (Å²) in [5.74, 6) is 1.61. The Balaban J connectivity index is 1.83. The number of aliphatic imine (C=N–C) groups is 1. The smallest absolute Gasteiger partial charge is 0.240 e. The van der Waals surface area contributed by atoms with E-state index in [1.54, 1.807) is 12.0 Å². The van der Waals surface area contributed by atoms with Crippen molar-refractivity contribution in [3.8, 4) is 5.75 Å². The zero-order chi connectivity index (χ0) is 20.6. The first-order chi connectivity index (χ1) is 13.9. The number of rotatable bonds is 4. The Morgan fingerprint density at radius 2 is 1.66 bits per heavy atom. The lowest BCUT2D eigenvalue weighted by Crippen LogP contribution is -2.46. The summed E-state index contributed by atoms with van der Waals surface area (Å²) in [6.07, 6.45) is 2.30. The van der Waals surface area contributed by atoms with E-state index in [1.807, 2.05) is 62.4 Å². The molecule has 4 rings (SSSR count). The van der Waals surface area contributed by atoms with Gasteiger partial charge in [0.05, 0.1) is 29.9 Å². The number of methoxy groups -OCH3 is 1. The van der Waals surface area contributed by atoms with E-state index in [2.05, 4.69) is 4.90 Å². The molecule has 152 valence electrons. The summed E-state index contributed by atoms with van der Waals surface area (Å²) in [5, 5.41) is 0.643. The average molecular weight is 412 g/mol. The standard InChI is InChI=1S/C23H26ClN3O2/c1-23(2)20(26-14-4-5-15-26)21(25-17-8-12-19(29-3)13-9-17)27(22(23)28)18-10-6-16(24)7-11-18/h6-13,20H,4-5,14-15H2,1-3H3. The van der Waals surface area contributed by atoms with Crippen molar-refractivity contribution in [1.82, 2.24) is 4.90 Å². The van der Waals surface area contributed by atoms with Crippen LogP contribution in [0.1, 0.15) is 26.7 Å². The van der Waals surface area contributed by atoms with Crippen LogP contribution in [-0.2, 0) is 4.79 Å². The zero-order valence-electron chi connectivity index (χ0n) is 17.1. The lowest BCUT2D eigenvalue weighted by atomic mass is 9.85.